The van der Waals surface area contributed by atoms with Crippen molar-refractivity contribution >= 4 is 11.6 Å². The number of hydrogen-bond acceptors (Lipinski definition) is 1. The molecule has 13 heavy (non-hydrogen) atoms. The predicted octanol–water partition coefficient (Wildman–Crippen LogP) is 3.39. The third kappa shape index (κ3) is 2.71. The summed E-state index contributed by atoms with van der Waals surface area (Å²) < 4.78 is 0. The summed E-state index contributed by atoms with van der Waals surface area (Å²) >= 11 is 5.88. The van der Waals surface area contributed by atoms with Crippen molar-refractivity contribution < 1.29 is 0 Å². The highest BCUT2D eigenvalue weighted by atomic mass is 35.5. The molecule has 0 amide bonds. The summed E-state index contributed by atoms with van der Waals surface area (Å²) in [5, 5.41) is 0.747. The van der Waals surface area contributed by atoms with Gasteiger partial charge in [-0.15, -0.1) is 0 Å². The van der Waals surface area contributed by atoms with Crippen LogP contribution in [0.25, 0.3) is 0 Å². The average molecular weight is 198 g/mol. The zero-order valence-electron chi connectivity index (χ0n) is 8.34. The van der Waals surface area contributed by atoms with Crippen LogP contribution in [0.15, 0.2) is 24.3 Å². The van der Waals surface area contributed by atoms with E-state index in [9.17, 15) is 0 Å². The first-order valence-electron chi connectivity index (χ1n) is 4.42. The molecule has 0 radical (unpaired) electrons. The van der Waals surface area contributed by atoms with Gasteiger partial charge in [-0.05, 0) is 23.1 Å². The van der Waals surface area contributed by atoms with E-state index >= 15 is 0 Å². The first-order chi connectivity index (χ1) is 5.91. The average Bonchev–Trinajstić information content (AvgIpc) is 2.01. The quantitative estimate of drug-likeness (QED) is 0.734. The predicted molar refractivity (Wildman–Crippen MR) is 57.8 cm³/mol. The van der Waals surface area contributed by atoms with Crippen LogP contribution in [0.1, 0.15) is 32.4 Å². The largest absolute Gasteiger partial charge is 0.324 e. The summed E-state index contributed by atoms with van der Waals surface area (Å²) in [5.74, 6) is 0. The summed E-state index contributed by atoms with van der Waals surface area (Å²) in [6.45, 7) is 6.37. The van der Waals surface area contributed by atoms with E-state index in [1.165, 1.54) is 0 Å². The normalized spacial score (nSPS) is 14.2. The van der Waals surface area contributed by atoms with Gasteiger partial charge in [-0.25, -0.2) is 0 Å². The van der Waals surface area contributed by atoms with Crippen molar-refractivity contribution in [2.75, 3.05) is 0 Å². The zero-order chi connectivity index (χ0) is 10.1. The van der Waals surface area contributed by atoms with Gasteiger partial charge in [0.05, 0.1) is 0 Å². The van der Waals surface area contributed by atoms with E-state index in [4.69, 9.17) is 17.3 Å². The van der Waals surface area contributed by atoms with Crippen LogP contribution in [-0.4, -0.2) is 0 Å². The Morgan fingerprint density at radius 3 is 2.38 bits per heavy atom. The fourth-order valence-electron chi connectivity index (χ4n) is 1.20. The van der Waals surface area contributed by atoms with Crippen LogP contribution >= 0.6 is 11.6 Å². The maximum absolute atomic E-state index is 6.08. The first kappa shape index (κ1) is 10.6. The summed E-state index contributed by atoms with van der Waals surface area (Å²) in [7, 11) is 0. The van der Waals surface area contributed by atoms with Gasteiger partial charge >= 0.3 is 0 Å². The van der Waals surface area contributed by atoms with Crippen LogP contribution in [-0.2, 0) is 0 Å². The second-order valence-corrected chi connectivity index (χ2v) is 4.84. The molecular weight excluding hydrogens is 182 g/mol. The fraction of sp³-hybridized carbons (Fsp3) is 0.455. The molecule has 0 spiro atoms. The Balaban J connectivity index is 2.96. The minimum atomic E-state index is 0.0335. The molecule has 1 atom stereocenters. The second kappa shape index (κ2) is 3.69. The van der Waals surface area contributed by atoms with Crippen LogP contribution in [0.4, 0.5) is 0 Å². The number of halogens is 1. The Labute approximate surface area is 84.9 Å². The Hall–Kier alpha value is -0.530. The van der Waals surface area contributed by atoms with Crippen LogP contribution in [0.2, 0.25) is 5.02 Å². The highest BCUT2D eigenvalue weighted by molar-refractivity contribution is 6.30. The molecule has 0 bridgehead atoms. The molecule has 1 aromatic carbocycles. The van der Waals surface area contributed by atoms with Crippen molar-refractivity contribution in [3.63, 3.8) is 0 Å². The summed E-state index contributed by atoms with van der Waals surface area (Å²) in [5.41, 5.74) is 7.25. The van der Waals surface area contributed by atoms with E-state index in [2.05, 4.69) is 20.8 Å². The third-order valence-corrected chi connectivity index (χ3v) is 2.38. The lowest BCUT2D eigenvalue weighted by Gasteiger charge is -2.27. The molecule has 0 saturated heterocycles. The van der Waals surface area contributed by atoms with Crippen molar-refractivity contribution in [1.29, 1.82) is 0 Å². The van der Waals surface area contributed by atoms with Gasteiger partial charge in [0.25, 0.3) is 0 Å². The molecule has 2 heteroatoms. The van der Waals surface area contributed by atoms with Gasteiger partial charge in [0.1, 0.15) is 0 Å². The van der Waals surface area contributed by atoms with Gasteiger partial charge < -0.3 is 5.73 Å². The lowest BCUT2D eigenvalue weighted by Crippen LogP contribution is -2.26. The van der Waals surface area contributed by atoms with Gasteiger partial charge in [0, 0.05) is 11.1 Å². The lowest BCUT2D eigenvalue weighted by molar-refractivity contribution is 0.327. The van der Waals surface area contributed by atoms with E-state index in [-0.39, 0.29) is 11.5 Å². The van der Waals surface area contributed by atoms with E-state index < -0.39 is 0 Å². The van der Waals surface area contributed by atoms with E-state index in [1.807, 2.05) is 24.3 Å². The molecule has 0 aliphatic heterocycles. The lowest BCUT2D eigenvalue weighted by atomic mass is 9.83. The molecule has 0 aliphatic rings. The molecule has 0 heterocycles. The van der Waals surface area contributed by atoms with Crippen LogP contribution in [0, 0.1) is 5.41 Å². The van der Waals surface area contributed by atoms with Gasteiger partial charge in [0.2, 0.25) is 0 Å². The number of nitrogens with two attached hydrogens (primary N) is 1. The smallest absolute Gasteiger partial charge is 0.0409 e. The summed E-state index contributed by atoms with van der Waals surface area (Å²) in [6, 6.07) is 7.77. The molecule has 1 rings (SSSR count). The van der Waals surface area contributed by atoms with E-state index in [1.54, 1.807) is 0 Å². The maximum atomic E-state index is 6.08. The molecule has 1 aromatic rings. The van der Waals surface area contributed by atoms with Gasteiger partial charge in [-0.2, -0.15) is 0 Å². The number of benzene rings is 1. The Morgan fingerprint density at radius 1 is 1.31 bits per heavy atom. The van der Waals surface area contributed by atoms with Crippen molar-refractivity contribution in [2.45, 2.75) is 26.8 Å². The Morgan fingerprint density at radius 2 is 1.92 bits per heavy atom. The molecule has 2 N–H and O–H groups in total. The van der Waals surface area contributed by atoms with E-state index in [0.29, 0.717) is 0 Å². The van der Waals surface area contributed by atoms with Crippen LogP contribution in [0.3, 0.4) is 0 Å². The summed E-state index contributed by atoms with van der Waals surface area (Å²) in [4.78, 5) is 0. The van der Waals surface area contributed by atoms with Crippen molar-refractivity contribution in [3.05, 3.63) is 34.9 Å². The van der Waals surface area contributed by atoms with Crippen molar-refractivity contribution in [1.82, 2.24) is 0 Å². The molecule has 72 valence electrons. The van der Waals surface area contributed by atoms with Crippen LogP contribution < -0.4 is 5.73 Å². The first-order valence-corrected chi connectivity index (χ1v) is 4.80. The van der Waals surface area contributed by atoms with Gasteiger partial charge in [-0.1, -0.05) is 44.5 Å². The fourth-order valence-corrected chi connectivity index (χ4v) is 1.40. The standard InChI is InChI=1S/C11H16ClN/c1-11(2,3)10(13)8-5-4-6-9(12)7-8/h4-7,10H,13H2,1-3H3. The molecule has 1 nitrogen and oxygen atoms in total. The monoisotopic (exact) mass is 197 g/mol. The van der Waals surface area contributed by atoms with Crippen molar-refractivity contribution in [2.24, 2.45) is 11.1 Å². The second-order valence-electron chi connectivity index (χ2n) is 4.40. The minimum absolute atomic E-state index is 0.0335. The number of rotatable bonds is 1. The van der Waals surface area contributed by atoms with Crippen molar-refractivity contribution in [3.8, 4) is 0 Å². The summed E-state index contributed by atoms with van der Waals surface area (Å²) in [6.07, 6.45) is 0. The van der Waals surface area contributed by atoms with Crippen LogP contribution in [0.5, 0.6) is 0 Å². The Kier molecular flexibility index (Phi) is 2.99. The Bertz CT molecular complexity index is 288. The highest BCUT2D eigenvalue weighted by Crippen LogP contribution is 2.31. The molecule has 1 unspecified atom stereocenters. The maximum Gasteiger partial charge on any atom is 0.0409 e. The molecule has 0 saturated carbocycles. The number of hydrogen-bond donors (Lipinski definition) is 1. The topological polar surface area (TPSA) is 26.0 Å². The zero-order valence-corrected chi connectivity index (χ0v) is 9.10. The minimum Gasteiger partial charge on any atom is -0.324 e. The SMILES string of the molecule is CC(C)(C)C(N)c1cccc(Cl)c1. The highest BCUT2D eigenvalue weighted by Gasteiger charge is 2.21. The van der Waals surface area contributed by atoms with Gasteiger partial charge in [-0.3, -0.25) is 0 Å². The molecular formula is C11H16ClN. The molecule has 0 fully saturated rings. The van der Waals surface area contributed by atoms with Gasteiger partial charge in [0.15, 0.2) is 0 Å². The van der Waals surface area contributed by atoms with E-state index in [0.717, 1.165) is 10.6 Å². The molecule has 0 aromatic heterocycles. The molecule has 0 aliphatic carbocycles. The third-order valence-electron chi connectivity index (χ3n) is 2.14.